The Morgan fingerprint density at radius 2 is 2.20 bits per heavy atom. The van der Waals surface area contributed by atoms with Crippen molar-refractivity contribution < 1.29 is 0 Å². The van der Waals surface area contributed by atoms with Crippen LogP contribution in [0.2, 0.25) is 5.02 Å². The van der Waals surface area contributed by atoms with Crippen LogP contribution in [0.1, 0.15) is 12.8 Å². The predicted octanol–water partition coefficient (Wildman–Crippen LogP) is 3.73. The second-order valence-corrected chi connectivity index (χ2v) is 4.84. The molecule has 0 aliphatic rings. The summed E-state index contributed by atoms with van der Waals surface area (Å²) in [6, 6.07) is 8.06. The van der Waals surface area contributed by atoms with Gasteiger partial charge in [0.25, 0.3) is 0 Å². The lowest BCUT2D eigenvalue weighted by molar-refractivity contribution is 0.685. The Morgan fingerprint density at radius 1 is 1.47 bits per heavy atom. The van der Waals surface area contributed by atoms with Crippen LogP contribution in [-0.2, 0) is 0 Å². The molecule has 0 radical (unpaired) electrons. The summed E-state index contributed by atoms with van der Waals surface area (Å²) >= 11 is 7.75. The van der Waals surface area contributed by atoms with E-state index >= 15 is 0 Å². The zero-order chi connectivity index (χ0) is 11.1. The largest absolute Gasteiger partial charge is 0.327 e. The normalized spacial score (nSPS) is 12.4. The summed E-state index contributed by atoms with van der Waals surface area (Å²) in [6.07, 6.45) is 3.87. The summed E-state index contributed by atoms with van der Waals surface area (Å²) < 4.78 is 0. The van der Waals surface area contributed by atoms with Crippen LogP contribution in [-0.4, -0.2) is 11.8 Å². The molecule has 0 bridgehead atoms. The highest BCUT2D eigenvalue weighted by Gasteiger charge is 2.04. The van der Waals surface area contributed by atoms with E-state index in [1.807, 2.05) is 30.3 Å². The third-order valence-electron chi connectivity index (χ3n) is 2.03. The van der Waals surface area contributed by atoms with Crippen molar-refractivity contribution in [3.05, 3.63) is 41.9 Å². The molecule has 3 heteroatoms. The van der Waals surface area contributed by atoms with Gasteiger partial charge < -0.3 is 5.73 Å². The minimum atomic E-state index is 0.212. The average Bonchev–Trinajstić information content (AvgIpc) is 2.25. The third kappa shape index (κ3) is 4.74. The van der Waals surface area contributed by atoms with Gasteiger partial charge in [0.15, 0.2) is 0 Å². The van der Waals surface area contributed by atoms with Crippen LogP contribution in [0.4, 0.5) is 0 Å². The van der Waals surface area contributed by atoms with Gasteiger partial charge in [-0.1, -0.05) is 29.8 Å². The van der Waals surface area contributed by atoms with Gasteiger partial charge in [0.2, 0.25) is 0 Å². The number of halogens is 1. The first-order chi connectivity index (χ1) is 7.24. The van der Waals surface area contributed by atoms with E-state index in [0.29, 0.717) is 0 Å². The smallest absolute Gasteiger partial charge is 0.0541 e. The zero-order valence-corrected chi connectivity index (χ0v) is 10.2. The van der Waals surface area contributed by atoms with Gasteiger partial charge in [-0.25, -0.2) is 0 Å². The fourth-order valence-corrected chi connectivity index (χ4v) is 2.41. The van der Waals surface area contributed by atoms with Gasteiger partial charge in [-0.3, -0.25) is 0 Å². The maximum atomic E-state index is 6.03. The van der Waals surface area contributed by atoms with Gasteiger partial charge >= 0.3 is 0 Å². The zero-order valence-electron chi connectivity index (χ0n) is 8.66. The van der Waals surface area contributed by atoms with Gasteiger partial charge in [-0.05, 0) is 25.0 Å². The SMILES string of the molecule is C=CCCC(N)CSc1ccccc1Cl. The first kappa shape index (κ1) is 12.6. The number of rotatable bonds is 6. The summed E-state index contributed by atoms with van der Waals surface area (Å²) in [5.41, 5.74) is 5.95. The fourth-order valence-electron chi connectivity index (χ4n) is 1.17. The van der Waals surface area contributed by atoms with Crippen molar-refractivity contribution in [2.75, 3.05) is 5.75 Å². The highest BCUT2D eigenvalue weighted by molar-refractivity contribution is 7.99. The van der Waals surface area contributed by atoms with Crippen LogP contribution in [0.25, 0.3) is 0 Å². The van der Waals surface area contributed by atoms with E-state index < -0.39 is 0 Å². The monoisotopic (exact) mass is 241 g/mol. The summed E-state index contributed by atoms with van der Waals surface area (Å²) in [5.74, 6) is 0.900. The lowest BCUT2D eigenvalue weighted by atomic mass is 10.2. The number of allylic oxidation sites excluding steroid dienone is 1. The van der Waals surface area contributed by atoms with E-state index in [-0.39, 0.29) is 6.04 Å². The Labute approximate surface area is 101 Å². The van der Waals surface area contributed by atoms with Crippen LogP contribution in [0, 0.1) is 0 Å². The van der Waals surface area contributed by atoms with E-state index in [1.54, 1.807) is 11.8 Å². The van der Waals surface area contributed by atoms with E-state index in [9.17, 15) is 0 Å². The molecule has 0 amide bonds. The molecule has 82 valence electrons. The summed E-state index contributed by atoms with van der Waals surface area (Å²) in [7, 11) is 0. The molecule has 1 atom stereocenters. The second kappa shape index (κ2) is 6.94. The molecule has 0 aliphatic carbocycles. The molecule has 1 nitrogen and oxygen atoms in total. The minimum absolute atomic E-state index is 0.212. The number of nitrogens with two attached hydrogens (primary N) is 1. The van der Waals surface area contributed by atoms with E-state index in [4.69, 9.17) is 17.3 Å². The van der Waals surface area contributed by atoms with Gasteiger partial charge in [0.05, 0.1) is 5.02 Å². The Kier molecular flexibility index (Phi) is 5.84. The Bertz CT molecular complexity index is 314. The van der Waals surface area contributed by atoms with Gasteiger partial charge in [-0.2, -0.15) is 0 Å². The van der Waals surface area contributed by atoms with E-state index in [1.165, 1.54) is 0 Å². The number of thioether (sulfide) groups is 1. The summed E-state index contributed by atoms with van der Waals surface area (Å²) in [6.45, 7) is 3.68. The molecule has 0 saturated carbocycles. The third-order valence-corrected chi connectivity index (χ3v) is 3.73. The van der Waals surface area contributed by atoms with E-state index in [0.717, 1.165) is 28.5 Å². The van der Waals surface area contributed by atoms with Crippen molar-refractivity contribution in [1.29, 1.82) is 0 Å². The molecule has 0 saturated heterocycles. The molecular formula is C12H16ClNS. The van der Waals surface area contributed by atoms with Crippen molar-refractivity contribution in [2.45, 2.75) is 23.8 Å². The van der Waals surface area contributed by atoms with Crippen molar-refractivity contribution in [3.8, 4) is 0 Å². The van der Waals surface area contributed by atoms with E-state index in [2.05, 4.69) is 6.58 Å². The molecule has 0 spiro atoms. The molecule has 2 N–H and O–H groups in total. The second-order valence-electron chi connectivity index (χ2n) is 3.37. The molecule has 0 heterocycles. The Hall–Kier alpha value is -0.440. The van der Waals surface area contributed by atoms with Crippen molar-refractivity contribution in [3.63, 3.8) is 0 Å². The van der Waals surface area contributed by atoms with Crippen LogP contribution in [0.3, 0.4) is 0 Å². The highest BCUT2D eigenvalue weighted by Crippen LogP contribution is 2.27. The molecule has 1 unspecified atom stereocenters. The van der Waals surface area contributed by atoms with Crippen LogP contribution < -0.4 is 5.73 Å². The molecule has 0 aromatic heterocycles. The number of hydrogen-bond acceptors (Lipinski definition) is 2. The molecule has 1 aromatic rings. The maximum absolute atomic E-state index is 6.03. The minimum Gasteiger partial charge on any atom is -0.327 e. The Morgan fingerprint density at radius 3 is 2.87 bits per heavy atom. The molecule has 15 heavy (non-hydrogen) atoms. The summed E-state index contributed by atoms with van der Waals surface area (Å²) in [5, 5.41) is 0.804. The maximum Gasteiger partial charge on any atom is 0.0541 e. The fraction of sp³-hybridized carbons (Fsp3) is 0.333. The van der Waals surface area contributed by atoms with Gasteiger partial charge in [-0.15, -0.1) is 18.3 Å². The molecular weight excluding hydrogens is 226 g/mol. The van der Waals surface area contributed by atoms with Gasteiger partial charge in [0, 0.05) is 16.7 Å². The molecule has 1 rings (SSSR count). The lowest BCUT2D eigenvalue weighted by Gasteiger charge is -2.10. The number of benzene rings is 1. The molecule has 1 aromatic carbocycles. The summed E-state index contributed by atoms with van der Waals surface area (Å²) in [4.78, 5) is 1.10. The quantitative estimate of drug-likeness (QED) is 0.607. The molecule has 0 aliphatic heterocycles. The topological polar surface area (TPSA) is 26.0 Å². The van der Waals surface area contributed by atoms with Crippen LogP contribution in [0.5, 0.6) is 0 Å². The first-order valence-electron chi connectivity index (χ1n) is 4.98. The van der Waals surface area contributed by atoms with Crippen molar-refractivity contribution in [2.24, 2.45) is 5.73 Å². The Balaban J connectivity index is 2.36. The van der Waals surface area contributed by atoms with Crippen LogP contribution >= 0.6 is 23.4 Å². The van der Waals surface area contributed by atoms with Gasteiger partial charge in [0.1, 0.15) is 0 Å². The highest BCUT2D eigenvalue weighted by atomic mass is 35.5. The number of hydrogen-bond donors (Lipinski definition) is 1. The molecule has 0 fully saturated rings. The van der Waals surface area contributed by atoms with Crippen molar-refractivity contribution >= 4 is 23.4 Å². The van der Waals surface area contributed by atoms with Crippen molar-refractivity contribution in [1.82, 2.24) is 0 Å². The standard InChI is InChI=1S/C12H16ClNS/c1-2-3-6-10(14)9-15-12-8-5-4-7-11(12)13/h2,4-5,7-8,10H,1,3,6,9,14H2. The first-order valence-corrected chi connectivity index (χ1v) is 6.34. The van der Waals surface area contributed by atoms with Crippen LogP contribution in [0.15, 0.2) is 41.8 Å². The lowest BCUT2D eigenvalue weighted by Crippen LogP contribution is -2.22. The average molecular weight is 242 g/mol. The predicted molar refractivity (Wildman–Crippen MR) is 69.6 cm³/mol.